The molecule has 0 aliphatic heterocycles. The number of nitrogens with zero attached hydrogens (tertiary/aromatic N) is 2. The number of hydrogen-bond donors (Lipinski definition) is 2. The number of aromatic carboxylic acids is 1. The molecule has 1 rings (SSSR count). The van der Waals surface area contributed by atoms with Gasteiger partial charge in [0.05, 0.1) is 12.3 Å². The second-order valence-corrected chi connectivity index (χ2v) is 4.54. The van der Waals surface area contributed by atoms with Gasteiger partial charge in [0.2, 0.25) is 0 Å². The Balaban J connectivity index is 3.27. The van der Waals surface area contributed by atoms with E-state index in [-0.39, 0.29) is 18.2 Å². The van der Waals surface area contributed by atoms with Crippen molar-refractivity contribution < 1.29 is 15.0 Å². The summed E-state index contributed by atoms with van der Waals surface area (Å²) in [5.74, 6) is -0.989. The van der Waals surface area contributed by atoms with Gasteiger partial charge >= 0.3 is 5.97 Å². The van der Waals surface area contributed by atoms with Gasteiger partial charge < -0.3 is 15.1 Å². The van der Waals surface area contributed by atoms with Gasteiger partial charge in [-0.15, -0.1) is 0 Å². The zero-order chi connectivity index (χ0) is 14.4. The lowest BCUT2D eigenvalue weighted by Crippen LogP contribution is -2.38. The summed E-state index contributed by atoms with van der Waals surface area (Å²) in [7, 11) is 0. The number of aromatic nitrogens is 1. The quantitative estimate of drug-likeness (QED) is 0.790. The molecule has 2 N–H and O–H groups in total. The minimum Gasteiger partial charge on any atom is -0.478 e. The molecule has 19 heavy (non-hydrogen) atoms. The van der Waals surface area contributed by atoms with Crippen LogP contribution in [0.1, 0.15) is 42.7 Å². The summed E-state index contributed by atoms with van der Waals surface area (Å²) in [4.78, 5) is 17.3. The van der Waals surface area contributed by atoms with Crippen LogP contribution in [0.3, 0.4) is 0 Å². The molecule has 0 saturated carbocycles. The molecule has 5 heteroatoms. The normalized spacial score (nSPS) is 10.8. The molecular formula is C14H22N2O3. The third-order valence-electron chi connectivity index (χ3n) is 3.28. The Bertz CT molecular complexity index is 431. The van der Waals surface area contributed by atoms with Crippen molar-refractivity contribution in [2.45, 2.75) is 39.7 Å². The number of hydrogen-bond acceptors (Lipinski definition) is 4. The molecule has 0 radical (unpaired) electrons. The van der Waals surface area contributed by atoms with Crippen LogP contribution in [0, 0.1) is 6.92 Å². The Labute approximate surface area is 113 Å². The average molecular weight is 266 g/mol. The molecule has 0 amide bonds. The van der Waals surface area contributed by atoms with Crippen molar-refractivity contribution in [3.8, 4) is 0 Å². The molecule has 106 valence electrons. The molecule has 0 aliphatic rings. The summed E-state index contributed by atoms with van der Waals surface area (Å²) in [6.07, 6.45) is 3.19. The highest BCUT2D eigenvalue weighted by Crippen LogP contribution is 2.25. The maximum absolute atomic E-state index is 11.3. The lowest BCUT2D eigenvalue weighted by molar-refractivity contribution is 0.0697. The standard InChI is InChI=1S/C14H22N2O3/c1-4-11(5-2)16(6-7-17)13-8-10(3)15-9-12(13)14(18)19/h8-9,11,17H,4-7H2,1-3H3,(H,18,19). The number of carbonyl (C=O) groups is 1. The first-order chi connectivity index (χ1) is 9.04. The number of carboxylic acids is 1. The van der Waals surface area contributed by atoms with Crippen LogP contribution in [0.4, 0.5) is 5.69 Å². The topological polar surface area (TPSA) is 73.7 Å². The van der Waals surface area contributed by atoms with Gasteiger partial charge in [-0.3, -0.25) is 4.98 Å². The predicted octanol–water partition coefficient (Wildman–Crippen LogP) is 2.08. The fourth-order valence-electron chi connectivity index (χ4n) is 2.28. The molecule has 0 fully saturated rings. The average Bonchev–Trinajstić information content (AvgIpc) is 2.38. The number of aryl methyl sites for hydroxylation is 1. The van der Waals surface area contributed by atoms with Crippen molar-refractivity contribution in [3.63, 3.8) is 0 Å². The van der Waals surface area contributed by atoms with E-state index in [1.807, 2.05) is 11.8 Å². The van der Waals surface area contributed by atoms with Crippen molar-refractivity contribution in [3.05, 3.63) is 23.5 Å². The lowest BCUT2D eigenvalue weighted by atomic mass is 10.1. The number of carboxylic acid groups (broad SMARTS) is 1. The fraction of sp³-hybridized carbons (Fsp3) is 0.571. The van der Waals surface area contributed by atoms with Gasteiger partial charge in [-0.25, -0.2) is 4.79 Å². The van der Waals surface area contributed by atoms with Crippen LogP contribution >= 0.6 is 0 Å². The maximum atomic E-state index is 11.3. The molecule has 0 aromatic carbocycles. The van der Waals surface area contributed by atoms with E-state index in [4.69, 9.17) is 0 Å². The van der Waals surface area contributed by atoms with Crippen molar-refractivity contribution in [2.75, 3.05) is 18.1 Å². The van der Waals surface area contributed by atoms with Crippen LogP contribution in [-0.4, -0.2) is 40.4 Å². The molecule has 1 aromatic heterocycles. The maximum Gasteiger partial charge on any atom is 0.339 e. The molecule has 1 heterocycles. The lowest BCUT2D eigenvalue weighted by Gasteiger charge is -2.33. The van der Waals surface area contributed by atoms with Crippen LogP contribution in [0.2, 0.25) is 0 Å². The van der Waals surface area contributed by atoms with Crippen LogP contribution in [0.25, 0.3) is 0 Å². The second kappa shape index (κ2) is 7.09. The Morgan fingerprint density at radius 3 is 2.53 bits per heavy atom. The van der Waals surface area contributed by atoms with E-state index < -0.39 is 5.97 Å². The summed E-state index contributed by atoms with van der Waals surface area (Å²) in [5.41, 5.74) is 1.60. The number of aliphatic hydroxyl groups excluding tert-OH is 1. The first-order valence-electron chi connectivity index (χ1n) is 6.62. The fourth-order valence-corrected chi connectivity index (χ4v) is 2.28. The van der Waals surface area contributed by atoms with E-state index in [0.29, 0.717) is 12.2 Å². The largest absolute Gasteiger partial charge is 0.478 e. The Morgan fingerprint density at radius 2 is 2.05 bits per heavy atom. The molecule has 0 aliphatic carbocycles. The number of pyridine rings is 1. The van der Waals surface area contributed by atoms with Crippen molar-refractivity contribution >= 4 is 11.7 Å². The van der Waals surface area contributed by atoms with Gasteiger partial charge in [0.1, 0.15) is 5.56 Å². The summed E-state index contributed by atoms with van der Waals surface area (Å²) in [6.45, 7) is 6.38. The van der Waals surface area contributed by atoms with E-state index in [1.165, 1.54) is 6.20 Å². The minimum atomic E-state index is -0.989. The van der Waals surface area contributed by atoms with Crippen molar-refractivity contribution in [1.82, 2.24) is 4.98 Å². The molecular weight excluding hydrogens is 244 g/mol. The van der Waals surface area contributed by atoms with Crippen LogP contribution in [0.15, 0.2) is 12.3 Å². The number of anilines is 1. The predicted molar refractivity (Wildman–Crippen MR) is 74.7 cm³/mol. The van der Waals surface area contributed by atoms with Gasteiger partial charge in [-0.2, -0.15) is 0 Å². The highest BCUT2D eigenvalue weighted by Gasteiger charge is 2.21. The highest BCUT2D eigenvalue weighted by molar-refractivity contribution is 5.94. The van der Waals surface area contributed by atoms with Gasteiger partial charge in [0.25, 0.3) is 0 Å². The van der Waals surface area contributed by atoms with Crippen molar-refractivity contribution in [1.29, 1.82) is 0 Å². The SMILES string of the molecule is CCC(CC)N(CCO)c1cc(C)ncc1C(=O)O. The van der Waals surface area contributed by atoms with E-state index in [1.54, 1.807) is 6.07 Å². The van der Waals surface area contributed by atoms with Gasteiger partial charge in [0.15, 0.2) is 0 Å². The Morgan fingerprint density at radius 1 is 1.42 bits per heavy atom. The number of rotatable bonds is 7. The Hall–Kier alpha value is -1.62. The number of aliphatic hydroxyl groups is 1. The first-order valence-corrected chi connectivity index (χ1v) is 6.62. The van der Waals surface area contributed by atoms with Crippen LogP contribution < -0.4 is 4.90 Å². The van der Waals surface area contributed by atoms with Crippen LogP contribution in [0.5, 0.6) is 0 Å². The van der Waals surface area contributed by atoms with Gasteiger partial charge in [-0.05, 0) is 25.8 Å². The molecule has 0 unspecified atom stereocenters. The zero-order valence-corrected chi connectivity index (χ0v) is 11.8. The molecule has 1 aromatic rings. The summed E-state index contributed by atoms with van der Waals surface area (Å²) in [6, 6.07) is 1.99. The van der Waals surface area contributed by atoms with Crippen molar-refractivity contribution in [2.24, 2.45) is 0 Å². The second-order valence-electron chi connectivity index (χ2n) is 4.54. The van der Waals surface area contributed by atoms with E-state index in [0.717, 1.165) is 18.5 Å². The summed E-state index contributed by atoms with van der Waals surface area (Å²) in [5, 5.41) is 18.5. The molecule has 5 nitrogen and oxygen atoms in total. The Kier molecular flexibility index (Phi) is 5.76. The zero-order valence-electron chi connectivity index (χ0n) is 11.8. The minimum absolute atomic E-state index is 0.00305. The van der Waals surface area contributed by atoms with Gasteiger partial charge in [-0.1, -0.05) is 13.8 Å². The molecule has 0 saturated heterocycles. The summed E-state index contributed by atoms with van der Waals surface area (Å²) >= 11 is 0. The van der Waals surface area contributed by atoms with Gasteiger partial charge in [0, 0.05) is 24.5 Å². The summed E-state index contributed by atoms with van der Waals surface area (Å²) < 4.78 is 0. The smallest absolute Gasteiger partial charge is 0.339 e. The highest BCUT2D eigenvalue weighted by atomic mass is 16.4. The van der Waals surface area contributed by atoms with E-state index >= 15 is 0 Å². The first kappa shape index (κ1) is 15.4. The molecule has 0 atom stereocenters. The van der Waals surface area contributed by atoms with E-state index in [9.17, 15) is 15.0 Å². The molecule has 0 spiro atoms. The van der Waals surface area contributed by atoms with E-state index in [2.05, 4.69) is 18.8 Å². The third kappa shape index (κ3) is 3.67. The molecule has 0 bridgehead atoms. The monoisotopic (exact) mass is 266 g/mol. The third-order valence-corrected chi connectivity index (χ3v) is 3.28. The van der Waals surface area contributed by atoms with Crippen LogP contribution in [-0.2, 0) is 0 Å².